The van der Waals surface area contributed by atoms with Gasteiger partial charge in [0.1, 0.15) is 0 Å². The normalized spacial score (nSPS) is 12.6. The number of aromatic nitrogens is 2. The van der Waals surface area contributed by atoms with Crippen molar-refractivity contribution in [3.63, 3.8) is 0 Å². The van der Waals surface area contributed by atoms with Gasteiger partial charge in [0.2, 0.25) is 5.95 Å². The fraction of sp³-hybridized carbons (Fsp3) is 0.600. The summed E-state index contributed by atoms with van der Waals surface area (Å²) in [4.78, 5) is 10.4. The van der Waals surface area contributed by atoms with E-state index < -0.39 is 0 Å². The van der Waals surface area contributed by atoms with Crippen molar-refractivity contribution in [2.45, 2.75) is 26.9 Å². The van der Waals surface area contributed by atoms with Crippen LogP contribution in [0, 0.1) is 13.8 Å². The Morgan fingerprint density at radius 2 is 2.14 bits per heavy atom. The third-order valence-corrected chi connectivity index (χ3v) is 2.09. The average molecular weight is 195 g/mol. The van der Waals surface area contributed by atoms with Crippen molar-refractivity contribution in [1.29, 1.82) is 0 Å². The van der Waals surface area contributed by atoms with Crippen molar-refractivity contribution in [2.75, 3.05) is 18.5 Å². The molecule has 0 aromatic carbocycles. The number of hydrogen-bond acceptors (Lipinski definition) is 4. The predicted molar refractivity (Wildman–Crippen MR) is 56.5 cm³/mol. The number of aryl methyl sites for hydroxylation is 2. The summed E-state index contributed by atoms with van der Waals surface area (Å²) in [6.45, 7) is 6.23. The maximum Gasteiger partial charge on any atom is 0.225 e. The Morgan fingerprint density at radius 1 is 1.50 bits per heavy atom. The molecule has 0 saturated carbocycles. The lowest BCUT2D eigenvalue weighted by molar-refractivity contribution is 0.201. The van der Waals surface area contributed by atoms with Crippen LogP contribution in [0.15, 0.2) is 6.20 Å². The van der Waals surface area contributed by atoms with E-state index >= 15 is 0 Å². The minimum atomic E-state index is -0.370. The molecule has 1 unspecified atom stereocenters. The number of rotatable bonds is 3. The number of likely N-dealkylation sites (N-methyl/N-ethyl adjacent to an activating group) is 1. The van der Waals surface area contributed by atoms with E-state index in [-0.39, 0.29) is 6.10 Å². The fourth-order valence-electron chi connectivity index (χ4n) is 1.18. The van der Waals surface area contributed by atoms with E-state index in [0.29, 0.717) is 12.5 Å². The summed E-state index contributed by atoms with van der Waals surface area (Å²) >= 11 is 0. The van der Waals surface area contributed by atoms with Gasteiger partial charge in [-0.05, 0) is 26.3 Å². The highest BCUT2D eigenvalue weighted by atomic mass is 16.3. The summed E-state index contributed by atoms with van der Waals surface area (Å²) < 4.78 is 0. The van der Waals surface area contributed by atoms with Crippen LogP contribution in [0.1, 0.15) is 18.2 Å². The van der Waals surface area contributed by atoms with E-state index in [1.807, 2.05) is 25.8 Å². The molecular formula is C10H17N3O. The average Bonchev–Trinajstić information content (AvgIpc) is 2.08. The smallest absolute Gasteiger partial charge is 0.225 e. The van der Waals surface area contributed by atoms with Crippen LogP contribution in [-0.2, 0) is 0 Å². The number of aliphatic hydroxyl groups excluding tert-OH is 1. The molecule has 4 nitrogen and oxygen atoms in total. The van der Waals surface area contributed by atoms with Gasteiger partial charge >= 0.3 is 0 Å². The van der Waals surface area contributed by atoms with Crippen LogP contribution in [0.25, 0.3) is 0 Å². The minimum absolute atomic E-state index is 0.370. The van der Waals surface area contributed by atoms with Gasteiger partial charge in [-0.1, -0.05) is 0 Å². The maximum absolute atomic E-state index is 9.21. The predicted octanol–water partition coefficient (Wildman–Crippen LogP) is 0.910. The van der Waals surface area contributed by atoms with Crippen LogP contribution in [-0.4, -0.2) is 34.8 Å². The Morgan fingerprint density at radius 3 is 2.64 bits per heavy atom. The van der Waals surface area contributed by atoms with Crippen LogP contribution in [0.4, 0.5) is 5.95 Å². The third-order valence-electron chi connectivity index (χ3n) is 2.09. The Labute approximate surface area is 84.6 Å². The molecule has 1 heterocycles. The molecule has 0 bridgehead atoms. The molecule has 1 atom stereocenters. The van der Waals surface area contributed by atoms with Gasteiger partial charge in [-0.2, -0.15) is 0 Å². The monoisotopic (exact) mass is 195 g/mol. The second kappa shape index (κ2) is 4.37. The molecule has 0 fully saturated rings. The van der Waals surface area contributed by atoms with Gasteiger partial charge in [0.15, 0.2) is 0 Å². The molecule has 0 aliphatic carbocycles. The lowest BCUT2D eigenvalue weighted by Gasteiger charge is -2.18. The van der Waals surface area contributed by atoms with Crippen LogP contribution in [0.5, 0.6) is 0 Å². The van der Waals surface area contributed by atoms with E-state index in [1.165, 1.54) is 0 Å². The summed E-state index contributed by atoms with van der Waals surface area (Å²) in [7, 11) is 1.87. The van der Waals surface area contributed by atoms with Crippen molar-refractivity contribution in [3.05, 3.63) is 17.5 Å². The zero-order valence-electron chi connectivity index (χ0n) is 9.15. The first-order valence-corrected chi connectivity index (χ1v) is 4.70. The summed E-state index contributed by atoms with van der Waals surface area (Å²) in [5.74, 6) is 0.661. The Kier molecular flexibility index (Phi) is 3.41. The van der Waals surface area contributed by atoms with E-state index in [2.05, 4.69) is 9.97 Å². The second-order valence-electron chi connectivity index (χ2n) is 3.67. The molecule has 1 N–H and O–H groups in total. The first kappa shape index (κ1) is 10.9. The van der Waals surface area contributed by atoms with Crippen molar-refractivity contribution in [1.82, 2.24) is 9.97 Å². The summed E-state index contributed by atoms with van der Waals surface area (Å²) in [6.07, 6.45) is 1.43. The molecule has 0 amide bonds. The molecule has 4 heteroatoms. The lowest BCUT2D eigenvalue weighted by atomic mass is 10.3. The molecule has 78 valence electrons. The molecule has 0 saturated heterocycles. The molecular weight excluding hydrogens is 178 g/mol. The Balaban J connectivity index is 2.80. The van der Waals surface area contributed by atoms with Crippen molar-refractivity contribution in [3.8, 4) is 0 Å². The molecule has 1 aromatic rings. The first-order chi connectivity index (χ1) is 6.50. The van der Waals surface area contributed by atoms with Crippen molar-refractivity contribution in [2.24, 2.45) is 0 Å². The molecule has 14 heavy (non-hydrogen) atoms. The van der Waals surface area contributed by atoms with Gasteiger partial charge in [-0.15, -0.1) is 0 Å². The van der Waals surface area contributed by atoms with Crippen molar-refractivity contribution >= 4 is 5.95 Å². The first-order valence-electron chi connectivity index (χ1n) is 4.70. The van der Waals surface area contributed by atoms with Gasteiger partial charge in [-0.3, -0.25) is 0 Å². The third kappa shape index (κ3) is 2.67. The fourth-order valence-corrected chi connectivity index (χ4v) is 1.18. The van der Waals surface area contributed by atoms with Gasteiger partial charge in [0, 0.05) is 25.5 Å². The largest absolute Gasteiger partial charge is 0.392 e. The van der Waals surface area contributed by atoms with Gasteiger partial charge in [0.25, 0.3) is 0 Å². The molecule has 0 aliphatic rings. The highest BCUT2D eigenvalue weighted by Gasteiger charge is 2.07. The summed E-state index contributed by atoms with van der Waals surface area (Å²) in [5, 5.41) is 9.21. The van der Waals surface area contributed by atoms with Crippen LogP contribution in [0.3, 0.4) is 0 Å². The van der Waals surface area contributed by atoms with E-state index in [1.54, 1.807) is 13.1 Å². The Hall–Kier alpha value is -1.16. The highest BCUT2D eigenvalue weighted by molar-refractivity contribution is 5.31. The molecule has 1 aromatic heterocycles. The number of aliphatic hydroxyl groups is 1. The number of nitrogens with zero attached hydrogens (tertiary/aromatic N) is 3. The van der Waals surface area contributed by atoms with E-state index in [9.17, 15) is 5.11 Å². The summed E-state index contributed by atoms with van der Waals surface area (Å²) in [6, 6.07) is 0. The lowest BCUT2D eigenvalue weighted by Crippen LogP contribution is -2.28. The molecule has 1 rings (SSSR count). The Bertz CT molecular complexity index is 312. The molecule has 0 aliphatic heterocycles. The van der Waals surface area contributed by atoms with Crippen LogP contribution >= 0.6 is 0 Å². The maximum atomic E-state index is 9.21. The van der Waals surface area contributed by atoms with Gasteiger partial charge in [0.05, 0.1) is 6.10 Å². The van der Waals surface area contributed by atoms with Crippen LogP contribution in [0.2, 0.25) is 0 Å². The standard InChI is InChI=1S/C10H17N3O/c1-7-5-11-10(12-9(7)3)13(4)6-8(2)14/h5,8,14H,6H2,1-4H3. The van der Waals surface area contributed by atoms with E-state index in [0.717, 1.165) is 11.3 Å². The second-order valence-corrected chi connectivity index (χ2v) is 3.67. The topological polar surface area (TPSA) is 49.2 Å². The SMILES string of the molecule is Cc1cnc(N(C)CC(C)O)nc1C. The molecule has 0 radical (unpaired) electrons. The quantitative estimate of drug-likeness (QED) is 0.779. The van der Waals surface area contributed by atoms with Gasteiger partial charge < -0.3 is 10.0 Å². The number of hydrogen-bond donors (Lipinski definition) is 1. The van der Waals surface area contributed by atoms with Crippen molar-refractivity contribution < 1.29 is 5.11 Å². The minimum Gasteiger partial charge on any atom is -0.392 e. The zero-order valence-corrected chi connectivity index (χ0v) is 9.15. The van der Waals surface area contributed by atoms with Crippen LogP contribution < -0.4 is 4.90 Å². The highest BCUT2D eigenvalue weighted by Crippen LogP contribution is 2.08. The molecule has 0 spiro atoms. The number of anilines is 1. The zero-order chi connectivity index (χ0) is 10.7. The summed E-state index contributed by atoms with van der Waals surface area (Å²) in [5.41, 5.74) is 2.06. The van der Waals surface area contributed by atoms with Gasteiger partial charge in [-0.25, -0.2) is 9.97 Å². The van der Waals surface area contributed by atoms with E-state index in [4.69, 9.17) is 0 Å².